The summed E-state index contributed by atoms with van der Waals surface area (Å²) in [6.45, 7) is 0.566. The monoisotopic (exact) mass is 338 g/mol. The summed E-state index contributed by atoms with van der Waals surface area (Å²) in [6, 6.07) is 13.9. The van der Waals surface area contributed by atoms with Crippen LogP contribution in [0.15, 0.2) is 48.5 Å². The minimum Gasteiger partial charge on any atom is -0.478 e. The lowest BCUT2D eigenvalue weighted by Crippen LogP contribution is -2.24. The lowest BCUT2D eigenvalue weighted by molar-refractivity contribution is 0.0698. The first-order valence-electron chi connectivity index (χ1n) is 7.62. The molecule has 0 saturated carbocycles. The third kappa shape index (κ3) is 5.92. The van der Waals surface area contributed by atoms with Gasteiger partial charge in [-0.3, -0.25) is 0 Å². The Morgan fingerprint density at radius 1 is 1.16 bits per heavy atom. The van der Waals surface area contributed by atoms with Crippen molar-refractivity contribution in [3.63, 3.8) is 0 Å². The van der Waals surface area contributed by atoms with Crippen LogP contribution in [0.4, 0.5) is 10.5 Å². The van der Waals surface area contributed by atoms with Gasteiger partial charge in [-0.15, -0.1) is 0 Å². The van der Waals surface area contributed by atoms with Crippen molar-refractivity contribution in [2.75, 3.05) is 12.3 Å². The Balaban J connectivity index is 1.72. The van der Waals surface area contributed by atoms with Crippen LogP contribution in [0, 0.1) is 11.8 Å². The quantitative estimate of drug-likeness (QED) is 0.442. The van der Waals surface area contributed by atoms with Crippen LogP contribution in [0.25, 0.3) is 0 Å². The Hall–Kier alpha value is -3.46. The van der Waals surface area contributed by atoms with E-state index < -0.39 is 12.1 Å². The number of amides is 1. The van der Waals surface area contributed by atoms with Gasteiger partial charge in [-0.1, -0.05) is 42.2 Å². The zero-order valence-corrected chi connectivity index (χ0v) is 13.5. The smallest absolute Gasteiger partial charge is 0.407 e. The summed E-state index contributed by atoms with van der Waals surface area (Å²) in [4.78, 5) is 22.4. The van der Waals surface area contributed by atoms with Crippen LogP contribution in [0.5, 0.6) is 0 Å². The van der Waals surface area contributed by atoms with Crippen molar-refractivity contribution in [1.29, 1.82) is 0 Å². The SMILES string of the molecule is Nc1cc(C#CCCNC(=O)OCc2ccccc2)ccc1C(=O)O. The van der Waals surface area contributed by atoms with E-state index in [2.05, 4.69) is 17.2 Å². The number of nitrogens with two attached hydrogens (primary N) is 1. The van der Waals surface area contributed by atoms with Gasteiger partial charge in [-0.25, -0.2) is 9.59 Å². The number of carboxylic acids is 1. The molecule has 6 nitrogen and oxygen atoms in total. The van der Waals surface area contributed by atoms with Crippen molar-refractivity contribution in [2.45, 2.75) is 13.0 Å². The Labute approximate surface area is 145 Å². The summed E-state index contributed by atoms with van der Waals surface area (Å²) in [5, 5.41) is 11.5. The van der Waals surface area contributed by atoms with Crippen LogP contribution in [0.2, 0.25) is 0 Å². The molecular formula is C19H18N2O4. The number of carbonyl (C=O) groups excluding carboxylic acids is 1. The number of carboxylic acid groups (broad SMARTS) is 1. The summed E-state index contributed by atoms with van der Waals surface area (Å²) >= 11 is 0. The maximum Gasteiger partial charge on any atom is 0.407 e. The largest absolute Gasteiger partial charge is 0.478 e. The van der Waals surface area contributed by atoms with Crippen molar-refractivity contribution >= 4 is 17.7 Å². The fourth-order valence-electron chi connectivity index (χ4n) is 2.00. The van der Waals surface area contributed by atoms with E-state index in [1.165, 1.54) is 12.1 Å². The number of rotatable bonds is 5. The van der Waals surface area contributed by atoms with Gasteiger partial charge in [-0.05, 0) is 23.8 Å². The molecule has 0 aromatic heterocycles. The molecule has 4 N–H and O–H groups in total. The molecule has 0 aliphatic carbocycles. The van der Waals surface area contributed by atoms with Gasteiger partial charge in [0.25, 0.3) is 0 Å². The lowest BCUT2D eigenvalue weighted by Gasteiger charge is -2.05. The highest BCUT2D eigenvalue weighted by molar-refractivity contribution is 5.93. The van der Waals surface area contributed by atoms with Gasteiger partial charge in [-0.2, -0.15) is 0 Å². The predicted molar refractivity (Wildman–Crippen MR) is 93.9 cm³/mol. The van der Waals surface area contributed by atoms with Crippen LogP contribution in [-0.4, -0.2) is 23.7 Å². The second-order valence-corrected chi connectivity index (χ2v) is 5.15. The van der Waals surface area contributed by atoms with E-state index in [1.54, 1.807) is 6.07 Å². The second-order valence-electron chi connectivity index (χ2n) is 5.15. The van der Waals surface area contributed by atoms with E-state index in [0.717, 1.165) is 5.56 Å². The standard InChI is InChI=1S/C19H18N2O4/c20-17-12-14(9-10-16(17)18(22)23)6-4-5-11-21-19(24)25-13-15-7-2-1-3-8-15/h1-3,7-10,12H,5,11,13,20H2,(H,21,24)(H,22,23). The Morgan fingerprint density at radius 2 is 1.92 bits per heavy atom. The number of benzene rings is 2. The molecule has 0 fully saturated rings. The van der Waals surface area contributed by atoms with Crippen molar-refractivity contribution in [3.8, 4) is 11.8 Å². The Bertz CT molecular complexity index is 807. The topological polar surface area (TPSA) is 102 Å². The van der Waals surface area contributed by atoms with Crippen LogP contribution >= 0.6 is 0 Å². The molecular weight excluding hydrogens is 320 g/mol. The summed E-state index contributed by atoms with van der Waals surface area (Å²) in [6.07, 6.45) is -0.0678. The van der Waals surface area contributed by atoms with Gasteiger partial charge in [0.1, 0.15) is 6.61 Å². The number of nitrogen functional groups attached to an aromatic ring is 1. The van der Waals surface area contributed by atoms with Gasteiger partial charge < -0.3 is 20.9 Å². The van der Waals surface area contributed by atoms with Crippen molar-refractivity contribution < 1.29 is 19.4 Å². The first-order chi connectivity index (χ1) is 12.1. The predicted octanol–water partition coefficient (Wildman–Crippen LogP) is 2.64. The third-order valence-electron chi connectivity index (χ3n) is 3.25. The van der Waals surface area contributed by atoms with Crippen LogP contribution < -0.4 is 11.1 Å². The average molecular weight is 338 g/mol. The maximum atomic E-state index is 11.5. The number of alkyl carbamates (subject to hydrolysis) is 1. The molecule has 0 aliphatic rings. The molecule has 0 spiro atoms. The van der Waals surface area contributed by atoms with E-state index in [9.17, 15) is 9.59 Å². The van der Waals surface area contributed by atoms with Crippen molar-refractivity contribution in [2.24, 2.45) is 0 Å². The number of carbonyl (C=O) groups is 2. The van der Waals surface area contributed by atoms with E-state index in [1.807, 2.05) is 30.3 Å². The molecule has 1 amide bonds. The molecule has 0 radical (unpaired) electrons. The Kier molecular flexibility index (Phi) is 6.43. The van der Waals surface area contributed by atoms with E-state index in [4.69, 9.17) is 15.6 Å². The highest BCUT2D eigenvalue weighted by Gasteiger charge is 2.06. The minimum atomic E-state index is -1.07. The number of nitrogens with one attached hydrogen (secondary N) is 1. The van der Waals surface area contributed by atoms with Gasteiger partial charge >= 0.3 is 12.1 Å². The average Bonchev–Trinajstić information content (AvgIpc) is 2.60. The number of hydrogen-bond donors (Lipinski definition) is 3. The molecule has 2 rings (SSSR count). The fraction of sp³-hybridized carbons (Fsp3) is 0.158. The summed E-state index contributed by atoms with van der Waals surface area (Å²) < 4.78 is 5.07. The van der Waals surface area contributed by atoms with Crippen molar-refractivity contribution in [1.82, 2.24) is 5.32 Å². The second kappa shape index (κ2) is 8.99. The number of ether oxygens (including phenoxy) is 1. The van der Waals surface area contributed by atoms with Crippen LogP contribution in [-0.2, 0) is 11.3 Å². The van der Waals surface area contributed by atoms with Crippen molar-refractivity contribution in [3.05, 3.63) is 65.2 Å². The molecule has 6 heteroatoms. The van der Waals surface area contributed by atoms with Gasteiger partial charge in [0.2, 0.25) is 0 Å². The van der Waals surface area contributed by atoms with Crippen LogP contribution in [0.3, 0.4) is 0 Å². The molecule has 0 heterocycles. The molecule has 0 bridgehead atoms. The summed E-state index contributed by atoms with van der Waals surface area (Å²) in [5.41, 5.74) is 7.41. The number of anilines is 1. The summed E-state index contributed by atoms with van der Waals surface area (Å²) in [5.74, 6) is 4.68. The minimum absolute atomic E-state index is 0.0494. The molecule has 0 aliphatic heterocycles. The Morgan fingerprint density at radius 3 is 2.60 bits per heavy atom. The summed E-state index contributed by atoms with van der Waals surface area (Å²) in [7, 11) is 0. The first kappa shape index (κ1) is 17.9. The molecule has 0 atom stereocenters. The number of aromatic carboxylic acids is 1. The van der Waals surface area contributed by atoms with E-state index in [-0.39, 0.29) is 17.9 Å². The lowest BCUT2D eigenvalue weighted by atomic mass is 10.1. The zero-order valence-electron chi connectivity index (χ0n) is 13.5. The molecule has 25 heavy (non-hydrogen) atoms. The van der Waals surface area contributed by atoms with Gasteiger partial charge in [0.15, 0.2) is 0 Å². The van der Waals surface area contributed by atoms with E-state index in [0.29, 0.717) is 18.5 Å². The fourth-order valence-corrected chi connectivity index (χ4v) is 2.00. The highest BCUT2D eigenvalue weighted by Crippen LogP contribution is 2.13. The normalized spacial score (nSPS) is 9.60. The molecule has 128 valence electrons. The molecule has 2 aromatic rings. The number of hydrogen-bond acceptors (Lipinski definition) is 4. The zero-order chi connectivity index (χ0) is 18.1. The maximum absolute atomic E-state index is 11.5. The third-order valence-corrected chi connectivity index (χ3v) is 3.25. The molecule has 2 aromatic carbocycles. The van der Waals surface area contributed by atoms with Crippen LogP contribution in [0.1, 0.15) is 27.9 Å². The van der Waals surface area contributed by atoms with E-state index >= 15 is 0 Å². The molecule has 0 saturated heterocycles. The molecule has 0 unspecified atom stereocenters. The van der Waals surface area contributed by atoms with Gasteiger partial charge in [0, 0.05) is 24.2 Å². The van der Waals surface area contributed by atoms with Gasteiger partial charge in [0.05, 0.1) is 5.56 Å². The highest BCUT2D eigenvalue weighted by atomic mass is 16.5. The first-order valence-corrected chi connectivity index (χ1v) is 7.62.